The number of hydrogen-bond donors (Lipinski definition) is 0. The highest BCUT2D eigenvalue weighted by Gasteiger charge is 2.29. The second kappa shape index (κ2) is 3.30. The van der Waals surface area contributed by atoms with Crippen molar-refractivity contribution in [2.75, 3.05) is 0 Å². The molecule has 0 amide bonds. The van der Waals surface area contributed by atoms with Crippen LogP contribution in [-0.2, 0) is 0 Å². The van der Waals surface area contributed by atoms with Gasteiger partial charge in [-0.3, -0.25) is 0 Å². The molecular weight excluding hydrogens is 182 g/mol. The number of rotatable bonds is 2. The molecule has 0 saturated carbocycles. The van der Waals surface area contributed by atoms with Crippen LogP contribution in [0.2, 0.25) is 6.55 Å². The Morgan fingerprint density at radius 3 is 1.88 bits per heavy atom. The molecule has 0 spiro atoms. The summed E-state index contributed by atoms with van der Waals surface area (Å²) < 4.78 is 0. The summed E-state index contributed by atoms with van der Waals surface area (Å²) in [6.07, 6.45) is 0.858. The predicted octanol–water partition coefficient (Wildman–Crippen LogP) is 3.09. The van der Waals surface area contributed by atoms with Gasteiger partial charge in [0, 0.05) is 0 Å². The number of hydrogen-bond acceptors (Lipinski definition) is 0. The molecule has 0 saturated heterocycles. The van der Waals surface area contributed by atoms with E-state index in [4.69, 9.17) is 33.8 Å². The van der Waals surface area contributed by atoms with E-state index >= 15 is 0 Å². The average molecular weight is 192 g/mol. The van der Waals surface area contributed by atoms with Crippen LogP contribution in [0.15, 0.2) is 0 Å². The normalized spacial score (nSPS) is 16.1. The Hall–Kier alpha value is 1.09. The minimum atomic E-state index is -2.05. The first kappa shape index (κ1) is 9.09. The molecule has 8 heavy (non-hydrogen) atoms. The molecule has 0 nitrogen and oxygen atoms in total. The SMILES string of the molecule is CCC(Cl)[Si](C)(Cl)Cl. The molecule has 0 aromatic heterocycles. The third-order valence-electron chi connectivity index (χ3n) is 0.908. The fraction of sp³-hybridized carbons (Fsp3) is 1.00. The highest BCUT2D eigenvalue weighted by Crippen LogP contribution is 2.25. The maximum atomic E-state index is 5.76. The maximum absolute atomic E-state index is 5.76. The summed E-state index contributed by atoms with van der Waals surface area (Å²) in [4.78, 5) is 0. The quantitative estimate of drug-likeness (QED) is 0.358. The van der Waals surface area contributed by atoms with Crippen molar-refractivity contribution in [3.05, 3.63) is 0 Å². The Kier molecular flexibility index (Phi) is 3.75. The lowest BCUT2D eigenvalue weighted by molar-refractivity contribution is 1.02. The van der Waals surface area contributed by atoms with E-state index in [9.17, 15) is 0 Å². The van der Waals surface area contributed by atoms with E-state index in [2.05, 4.69) is 0 Å². The summed E-state index contributed by atoms with van der Waals surface area (Å²) in [5.41, 5.74) is 0. The van der Waals surface area contributed by atoms with Crippen LogP contribution < -0.4 is 0 Å². The molecule has 50 valence electrons. The third kappa shape index (κ3) is 3.18. The van der Waals surface area contributed by atoms with Crippen LogP contribution in [-0.4, -0.2) is 11.7 Å². The highest BCUT2D eigenvalue weighted by molar-refractivity contribution is 7.46. The second-order valence-corrected chi connectivity index (χ2v) is 10.6. The third-order valence-corrected chi connectivity index (χ3v) is 6.29. The fourth-order valence-corrected chi connectivity index (χ4v) is 2.00. The van der Waals surface area contributed by atoms with Gasteiger partial charge in [-0.2, -0.15) is 0 Å². The van der Waals surface area contributed by atoms with Crippen LogP contribution in [0.25, 0.3) is 0 Å². The molecule has 0 N–H and O–H groups in total. The minimum Gasteiger partial charge on any atom is -0.145 e. The van der Waals surface area contributed by atoms with Crippen LogP contribution in [0, 0.1) is 0 Å². The lowest BCUT2D eigenvalue weighted by Crippen LogP contribution is -2.27. The van der Waals surface area contributed by atoms with Crippen molar-refractivity contribution in [1.29, 1.82) is 0 Å². The summed E-state index contributed by atoms with van der Waals surface area (Å²) in [6, 6.07) is 0. The molecule has 0 rings (SSSR count). The van der Waals surface area contributed by atoms with Crippen LogP contribution in [0.4, 0.5) is 0 Å². The topological polar surface area (TPSA) is 0 Å². The fourth-order valence-electron chi connectivity index (χ4n) is 0.358. The monoisotopic (exact) mass is 190 g/mol. The van der Waals surface area contributed by atoms with Crippen LogP contribution in [0.1, 0.15) is 13.3 Å². The van der Waals surface area contributed by atoms with E-state index in [0.29, 0.717) is 0 Å². The highest BCUT2D eigenvalue weighted by atomic mass is 35.7. The molecule has 0 aliphatic heterocycles. The van der Waals surface area contributed by atoms with E-state index in [1.54, 1.807) is 0 Å². The van der Waals surface area contributed by atoms with Crippen molar-refractivity contribution in [3.63, 3.8) is 0 Å². The van der Waals surface area contributed by atoms with E-state index in [1.165, 1.54) is 0 Å². The minimum absolute atomic E-state index is 0.00849. The Balaban J connectivity index is 3.62. The summed E-state index contributed by atoms with van der Waals surface area (Å²) in [5, 5.41) is -0.00849. The maximum Gasteiger partial charge on any atom is 0.265 e. The lowest BCUT2D eigenvalue weighted by Gasteiger charge is -2.14. The van der Waals surface area contributed by atoms with Gasteiger partial charge >= 0.3 is 0 Å². The van der Waals surface area contributed by atoms with E-state index < -0.39 is 6.69 Å². The molecule has 0 heterocycles. The van der Waals surface area contributed by atoms with Gasteiger partial charge in [0.1, 0.15) is 0 Å². The van der Waals surface area contributed by atoms with Crippen LogP contribution in [0.5, 0.6) is 0 Å². The summed E-state index contributed by atoms with van der Waals surface area (Å²) >= 11 is 17.3. The molecule has 1 unspecified atom stereocenters. The first-order chi connectivity index (χ1) is 3.48. The predicted molar refractivity (Wildman–Crippen MR) is 43.3 cm³/mol. The smallest absolute Gasteiger partial charge is 0.145 e. The molecule has 1 atom stereocenters. The van der Waals surface area contributed by atoms with Gasteiger partial charge in [-0.05, 0) is 13.0 Å². The first-order valence-corrected chi connectivity index (χ1v) is 7.54. The van der Waals surface area contributed by atoms with Crippen LogP contribution >= 0.6 is 33.8 Å². The molecule has 0 fully saturated rings. The molecule has 0 aromatic rings. The summed E-state index contributed by atoms with van der Waals surface area (Å²) in [7, 11) is 0. The van der Waals surface area contributed by atoms with Gasteiger partial charge in [-0.25, -0.2) is 0 Å². The molecule has 0 radical (unpaired) electrons. The van der Waals surface area contributed by atoms with Crippen molar-refractivity contribution >= 4 is 40.5 Å². The van der Waals surface area contributed by atoms with Gasteiger partial charge < -0.3 is 0 Å². The molecule has 0 bridgehead atoms. The average Bonchev–Trinajstić information content (AvgIpc) is 1.62. The Morgan fingerprint density at radius 1 is 1.50 bits per heavy atom. The first-order valence-electron chi connectivity index (χ1n) is 2.50. The zero-order valence-corrected chi connectivity index (χ0v) is 8.19. The Morgan fingerprint density at radius 2 is 1.88 bits per heavy atom. The molecule has 4 heteroatoms. The summed E-state index contributed by atoms with van der Waals surface area (Å²) in [5.74, 6) is 0. The summed E-state index contributed by atoms with van der Waals surface area (Å²) in [6.45, 7) is 1.76. The van der Waals surface area contributed by atoms with Gasteiger partial charge in [0.2, 0.25) is 0 Å². The van der Waals surface area contributed by atoms with Crippen molar-refractivity contribution in [3.8, 4) is 0 Å². The Bertz CT molecular complexity index is 68.2. The van der Waals surface area contributed by atoms with E-state index in [-0.39, 0.29) is 5.00 Å². The van der Waals surface area contributed by atoms with Gasteiger partial charge in [0.15, 0.2) is 0 Å². The molecule has 0 aromatic carbocycles. The van der Waals surface area contributed by atoms with Gasteiger partial charge in [-0.1, -0.05) is 6.92 Å². The van der Waals surface area contributed by atoms with Crippen molar-refractivity contribution in [2.45, 2.75) is 24.9 Å². The zero-order valence-electron chi connectivity index (χ0n) is 4.92. The number of alkyl halides is 1. The lowest BCUT2D eigenvalue weighted by atomic mass is 10.6. The zero-order chi connectivity index (χ0) is 6.78. The molecule has 0 aliphatic rings. The molecule has 0 aliphatic carbocycles. The van der Waals surface area contributed by atoms with Gasteiger partial charge in [0.05, 0.1) is 5.00 Å². The van der Waals surface area contributed by atoms with Crippen molar-refractivity contribution in [1.82, 2.24) is 0 Å². The largest absolute Gasteiger partial charge is 0.265 e. The van der Waals surface area contributed by atoms with Gasteiger partial charge in [0.25, 0.3) is 6.69 Å². The van der Waals surface area contributed by atoms with Crippen molar-refractivity contribution in [2.24, 2.45) is 0 Å². The van der Waals surface area contributed by atoms with E-state index in [0.717, 1.165) is 6.42 Å². The van der Waals surface area contributed by atoms with Crippen LogP contribution in [0.3, 0.4) is 0 Å². The van der Waals surface area contributed by atoms with Crippen molar-refractivity contribution < 1.29 is 0 Å². The number of halogens is 3. The second-order valence-electron chi connectivity index (χ2n) is 1.83. The standard InChI is InChI=1S/C4H9Cl3Si/c1-3-4(5)8(2,6)7/h4H,3H2,1-2H3. The molecular formula is C4H9Cl3Si. The van der Waals surface area contributed by atoms with E-state index in [1.807, 2.05) is 13.5 Å². The van der Waals surface area contributed by atoms with Gasteiger partial charge in [-0.15, -0.1) is 33.8 Å². The Labute approximate surface area is 65.5 Å².